The van der Waals surface area contributed by atoms with Gasteiger partial charge in [0.1, 0.15) is 0 Å². The Morgan fingerprint density at radius 1 is 1.65 bits per heavy atom. The van der Waals surface area contributed by atoms with Crippen molar-refractivity contribution in [3.05, 3.63) is 16.7 Å². The van der Waals surface area contributed by atoms with Gasteiger partial charge in [0.15, 0.2) is 16.7 Å². The summed E-state index contributed by atoms with van der Waals surface area (Å²) in [6.45, 7) is 2.11. The van der Waals surface area contributed by atoms with E-state index in [0.717, 1.165) is 4.47 Å². The van der Waals surface area contributed by atoms with Gasteiger partial charge in [-0.3, -0.25) is 14.5 Å². The molecule has 0 bridgehead atoms. The normalized spacial score (nSPS) is 18.4. The van der Waals surface area contributed by atoms with Crippen molar-refractivity contribution < 1.29 is 14.3 Å². The molecule has 0 aliphatic carbocycles. The molecule has 5 nitrogen and oxygen atoms in total. The molecule has 0 spiro atoms. The summed E-state index contributed by atoms with van der Waals surface area (Å²) in [7, 11) is 1.55. The third kappa shape index (κ3) is 3.52. The van der Waals surface area contributed by atoms with Crippen LogP contribution in [0.15, 0.2) is 16.7 Å². The van der Waals surface area contributed by atoms with Crippen molar-refractivity contribution >= 4 is 44.5 Å². The average molecular weight is 359 g/mol. The second kappa shape index (κ2) is 6.58. The molecule has 1 aliphatic heterocycles. The van der Waals surface area contributed by atoms with Crippen LogP contribution in [0.1, 0.15) is 13.3 Å². The number of nitrogens with zero attached hydrogens (tertiary/aromatic N) is 2. The van der Waals surface area contributed by atoms with E-state index in [9.17, 15) is 9.59 Å². The molecule has 1 aromatic heterocycles. The number of carbonyl (C=O) groups is 2. The molecule has 1 saturated heterocycles. The summed E-state index contributed by atoms with van der Waals surface area (Å²) in [5, 5.41) is 0.0789. The molecule has 0 aromatic carbocycles. The Morgan fingerprint density at radius 3 is 3.05 bits per heavy atom. The third-order valence-electron chi connectivity index (χ3n) is 3.00. The van der Waals surface area contributed by atoms with Crippen molar-refractivity contribution in [2.24, 2.45) is 5.92 Å². The van der Waals surface area contributed by atoms with Gasteiger partial charge in [0.25, 0.3) is 0 Å². The van der Waals surface area contributed by atoms with Crippen LogP contribution in [-0.4, -0.2) is 35.4 Å². The van der Waals surface area contributed by atoms with Gasteiger partial charge >= 0.3 is 0 Å². The highest BCUT2D eigenvalue weighted by Gasteiger charge is 2.33. The summed E-state index contributed by atoms with van der Waals surface area (Å²) < 4.78 is 6.07. The van der Waals surface area contributed by atoms with Gasteiger partial charge in [-0.1, -0.05) is 11.8 Å². The van der Waals surface area contributed by atoms with E-state index in [1.807, 2.05) is 0 Å². The highest BCUT2D eigenvalue weighted by Crippen LogP contribution is 2.33. The minimum atomic E-state index is 0.0206. The number of pyridine rings is 1. The lowest BCUT2D eigenvalue weighted by molar-refractivity contribution is -0.117. The van der Waals surface area contributed by atoms with Crippen LogP contribution in [-0.2, 0) is 9.59 Å². The lowest BCUT2D eigenvalue weighted by Crippen LogP contribution is -2.26. The molecule has 1 fully saturated rings. The molecule has 20 heavy (non-hydrogen) atoms. The highest BCUT2D eigenvalue weighted by atomic mass is 79.9. The van der Waals surface area contributed by atoms with E-state index < -0.39 is 0 Å². The molecule has 1 unspecified atom stereocenters. The number of hydrogen-bond donors (Lipinski definition) is 0. The van der Waals surface area contributed by atoms with E-state index in [1.165, 1.54) is 11.8 Å². The molecule has 0 radical (unpaired) electrons. The zero-order chi connectivity index (χ0) is 14.7. The van der Waals surface area contributed by atoms with E-state index in [-0.39, 0.29) is 16.9 Å². The van der Waals surface area contributed by atoms with Gasteiger partial charge < -0.3 is 4.74 Å². The van der Waals surface area contributed by atoms with Crippen molar-refractivity contribution in [2.45, 2.75) is 13.3 Å². The van der Waals surface area contributed by atoms with E-state index in [1.54, 1.807) is 31.2 Å². The average Bonchev–Trinajstić information content (AvgIpc) is 2.77. The van der Waals surface area contributed by atoms with Gasteiger partial charge in [0.2, 0.25) is 5.91 Å². The summed E-state index contributed by atoms with van der Waals surface area (Å²) in [5.74, 6) is 1.96. The smallest absolute Gasteiger partial charge is 0.228 e. The maximum absolute atomic E-state index is 12.1. The Bertz CT molecular complexity index is 538. The van der Waals surface area contributed by atoms with Crippen molar-refractivity contribution in [3.63, 3.8) is 0 Å². The molecule has 1 aromatic rings. The van der Waals surface area contributed by atoms with Crippen LogP contribution in [0, 0.1) is 5.92 Å². The van der Waals surface area contributed by atoms with Crippen molar-refractivity contribution in [1.29, 1.82) is 0 Å². The zero-order valence-electron chi connectivity index (χ0n) is 11.3. The molecule has 2 rings (SSSR count). The van der Waals surface area contributed by atoms with Gasteiger partial charge in [0, 0.05) is 36.3 Å². The first-order chi connectivity index (χ1) is 9.51. The molecule has 2 heterocycles. The van der Waals surface area contributed by atoms with Crippen LogP contribution >= 0.6 is 27.7 Å². The fourth-order valence-corrected chi connectivity index (χ4v) is 3.10. The quantitative estimate of drug-likeness (QED) is 0.827. The number of anilines is 1. The predicted molar refractivity (Wildman–Crippen MR) is 82.1 cm³/mol. The Balaban J connectivity index is 2.13. The van der Waals surface area contributed by atoms with Crippen LogP contribution in [0.3, 0.4) is 0 Å². The minimum Gasteiger partial charge on any atom is -0.493 e. The number of ether oxygens (including phenoxy) is 1. The second-order valence-electron chi connectivity index (χ2n) is 4.56. The Hall–Kier alpha value is -1.08. The van der Waals surface area contributed by atoms with Gasteiger partial charge in [-0.05, 0) is 27.9 Å². The summed E-state index contributed by atoms with van der Waals surface area (Å²) in [6, 6.07) is 1.78. The fourth-order valence-electron chi connectivity index (χ4n) is 2.10. The minimum absolute atomic E-state index is 0.0206. The van der Waals surface area contributed by atoms with Gasteiger partial charge in [0.05, 0.1) is 7.11 Å². The summed E-state index contributed by atoms with van der Waals surface area (Å²) in [5.41, 5.74) is 0. The molecule has 1 aliphatic rings. The van der Waals surface area contributed by atoms with E-state index >= 15 is 0 Å². The monoisotopic (exact) mass is 358 g/mol. The topological polar surface area (TPSA) is 59.5 Å². The lowest BCUT2D eigenvalue weighted by Gasteiger charge is -2.18. The number of aromatic nitrogens is 1. The molecule has 7 heteroatoms. The molecular formula is C13H15BrN2O3S. The Labute approximate surface area is 130 Å². The standard InChI is InChI=1S/C13H15BrN2O3S/c1-8(17)20-7-9-3-12(18)16(6-9)13-11(19-2)4-10(14)5-15-13/h4-5,9H,3,6-7H2,1-2H3. The first-order valence-electron chi connectivity index (χ1n) is 6.14. The summed E-state index contributed by atoms with van der Waals surface area (Å²) in [6.07, 6.45) is 2.09. The molecule has 1 atom stereocenters. The van der Waals surface area contributed by atoms with Gasteiger partial charge in [-0.25, -0.2) is 4.98 Å². The molecular weight excluding hydrogens is 344 g/mol. The zero-order valence-corrected chi connectivity index (χ0v) is 13.7. The summed E-state index contributed by atoms with van der Waals surface area (Å²) in [4.78, 5) is 29.0. The third-order valence-corrected chi connectivity index (χ3v) is 4.48. The highest BCUT2D eigenvalue weighted by molar-refractivity contribution is 9.10. The fraction of sp³-hybridized carbons (Fsp3) is 0.462. The number of rotatable bonds is 4. The maximum Gasteiger partial charge on any atom is 0.228 e. The number of thioether (sulfide) groups is 1. The summed E-state index contributed by atoms with van der Waals surface area (Å²) >= 11 is 4.59. The van der Waals surface area contributed by atoms with Crippen molar-refractivity contribution in [2.75, 3.05) is 24.3 Å². The first-order valence-corrected chi connectivity index (χ1v) is 7.92. The van der Waals surface area contributed by atoms with Gasteiger partial charge in [-0.2, -0.15) is 0 Å². The lowest BCUT2D eigenvalue weighted by atomic mass is 10.1. The predicted octanol–water partition coefficient (Wildman–Crippen LogP) is 2.49. The maximum atomic E-state index is 12.1. The van der Waals surface area contributed by atoms with Crippen molar-refractivity contribution in [1.82, 2.24) is 4.98 Å². The van der Waals surface area contributed by atoms with Crippen LogP contribution in [0.2, 0.25) is 0 Å². The molecule has 0 saturated carbocycles. The Kier molecular flexibility index (Phi) is 5.04. The SMILES string of the molecule is COc1cc(Br)cnc1N1CC(CSC(C)=O)CC1=O. The number of amides is 1. The van der Waals surface area contributed by atoms with Crippen molar-refractivity contribution in [3.8, 4) is 5.75 Å². The van der Waals surface area contributed by atoms with E-state index in [2.05, 4.69) is 20.9 Å². The first kappa shape index (κ1) is 15.3. The van der Waals surface area contributed by atoms with Crippen LogP contribution in [0.25, 0.3) is 0 Å². The van der Waals surface area contributed by atoms with Crippen LogP contribution in [0.5, 0.6) is 5.75 Å². The number of halogens is 1. The molecule has 0 N–H and O–H groups in total. The number of hydrogen-bond acceptors (Lipinski definition) is 5. The number of carbonyl (C=O) groups excluding carboxylic acids is 2. The second-order valence-corrected chi connectivity index (χ2v) is 6.67. The number of methoxy groups -OCH3 is 1. The van der Waals surface area contributed by atoms with E-state index in [4.69, 9.17) is 4.74 Å². The molecule has 108 valence electrons. The van der Waals surface area contributed by atoms with Crippen LogP contribution < -0.4 is 9.64 Å². The van der Waals surface area contributed by atoms with Crippen LogP contribution in [0.4, 0.5) is 5.82 Å². The Morgan fingerprint density at radius 2 is 2.40 bits per heavy atom. The largest absolute Gasteiger partial charge is 0.493 e. The molecule has 1 amide bonds. The van der Waals surface area contributed by atoms with Gasteiger partial charge in [-0.15, -0.1) is 0 Å². The van der Waals surface area contributed by atoms with E-state index in [0.29, 0.717) is 30.3 Å².